The van der Waals surface area contributed by atoms with Gasteiger partial charge in [0, 0.05) is 55.5 Å². The van der Waals surface area contributed by atoms with Crippen molar-refractivity contribution in [1.29, 1.82) is 0 Å². The van der Waals surface area contributed by atoms with Crippen LogP contribution in [0.4, 0.5) is 5.69 Å². The van der Waals surface area contributed by atoms with Crippen LogP contribution in [0.3, 0.4) is 0 Å². The number of carbonyl (C=O) groups is 2. The summed E-state index contributed by atoms with van der Waals surface area (Å²) >= 11 is 0. The predicted molar refractivity (Wildman–Crippen MR) is 111 cm³/mol. The maximum absolute atomic E-state index is 12.2. The van der Waals surface area contributed by atoms with Gasteiger partial charge < -0.3 is 10.2 Å². The number of rotatable bonds is 5. The fraction of sp³-hybridized carbons (Fsp3) is 0.217. The number of hydrogen-bond acceptors (Lipinski definition) is 4. The van der Waals surface area contributed by atoms with Crippen molar-refractivity contribution >= 4 is 17.5 Å². The molecule has 0 aliphatic carbocycles. The lowest BCUT2D eigenvalue weighted by Crippen LogP contribution is -2.27. The summed E-state index contributed by atoms with van der Waals surface area (Å²) in [5.41, 5.74) is 5.68. The SMILES string of the molecule is CCC(=O)N1CCc2cc(-c3cncc(CNC(=O)c4cccnc4)c3)ccc21. The van der Waals surface area contributed by atoms with E-state index in [1.165, 1.54) is 5.56 Å². The average Bonchev–Trinajstić information content (AvgIpc) is 3.21. The Hall–Kier alpha value is -3.54. The Labute approximate surface area is 169 Å². The Balaban J connectivity index is 1.49. The molecule has 3 heterocycles. The highest BCUT2D eigenvalue weighted by Gasteiger charge is 2.23. The highest BCUT2D eigenvalue weighted by Crippen LogP contribution is 2.32. The van der Waals surface area contributed by atoms with E-state index >= 15 is 0 Å². The van der Waals surface area contributed by atoms with Crippen LogP contribution in [0.25, 0.3) is 11.1 Å². The summed E-state index contributed by atoms with van der Waals surface area (Å²) in [5.74, 6) is -0.00811. The monoisotopic (exact) mass is 386 g/mol. The number of amides is 2. The highest BCUT2D eigenvalue weighted by molar-refractivity contribution is 5.96. The van der Waals surface area contributed by atoms with Gasteiger partial charge in [-0.15, -0.1) is 0 Å². The molecular formula is C23H22N4O2. The largest absolute Gasteiger partial charge is 0.348 e. The van der Waals surface area contributed by atoms with Crippen LogP contribution in [0.2, 0.25) is 0 Å². The fourth-order valence-electron chi connectivity index (χ4n) is 3.55. The second kappa shape index (κ2) is 8.22. The van der Waals surface area contributed by atoms with E-state index in [0.717, 1.165) is 35.3 Å². The molecule has 0 spiro atoms. The molecule has 0 radical (unpaired) electrons. The third-order valence-electron chi connectivity index (χ3n) is 5.08. The van der Waals surface area contributed by atoms with Gasteiger partial charge in [-0.05, 0) is 53.4 Å². The Morgan fingerprint density at radius 3 is 2.76 bits per heavy atom. The summed E-state index contributed by atoms with van der Waals surface area (Å²) in [6, 6.07) is 11.7. The minimum atomic E-state index is -0.165. The fourth-order valence-corrected chi connectivity index (χ4v) is 3.55. The number of anilines is 1. The third kappa shape index (κ3) is 4.01. The van der Waals surface area contributed by atoms with Gasteiger partial charge in [0.25, 0.3) is 5.91 Å². The van der Waals surface area contributed by atoms with Gasteiger partial charge in [0.15, 0.2) is 0 Å². The van der Waals surface area contributed by atoms with E-state index < -0.39 is 0 Å². The van der Waals surface area contributed by atoms with Gasteiger partial charge in [-0.25, -0.2) is 0 Å². The molecule has 0 unspecified atom stereocenters. The lowest BCUT2D eigenvalue weighted by molar-refractivity contribution is -0.118. The van der Waals surface area contributed by atoms with Crippen molar-refractivity contribution in [3.8, 4) is 11.1 Å². The van der Waals surface area contributed by atoms with Gasteiger partial charge in [0.05, 0.1) is 5.56 Å². The van der Waals surface area contributed by atoms with Gasteiger partial charge >= 0.3 is 0 Å². The molecule has 3 aromatic rings. The molecule has 0 bridgehead atoms. The van der Waals surface area contributed by atoms with E-state index in [-0.39, 0.29) is 11.8 Å². The summed E-state index contributed by atoms with van der Waals surface area (Å²) in [5, 5.41) is 2.90. The van der Waals surface area contributed by atoms with E-state index in [4.69, 9.17) is 0 Å². The number of hydrogen-bond donors (Lipinski definition) is 1. The first kappa shape index (κ1) is 18.8. The van der Waals surface area contributed by atoms with E-state index in [1.54, 1.807) is 30.7 Å². The van der Waals surface area contributed by atoms with Crippen LogP contribution in [0.1, 0.15) is 34.8 Å². The standard InChI is InChI=1S/C23H22N4O2/c1-2-22(28)27-9-7-18-11-17(5-6-21(18)27)20-10-16(12-25-15-20)13-26-23(29)19-4-3-8-24-14-19/h3-6,8,10-12,14-15H,2,7,9,13H2,1H3,(H,26,29). The van der Waals surface area contributed by atoms with Crippen LogP contribution in [-0.4, -0.2) is 28.3 Å². The van der Waals surface area contributed by atoms with Crippen LogP contribution in [0, 0.1) is 0 Å². The van der Waals surface area contributed by atoms with Crippen molar-refractivity contribution in [3.63, 3.8) is 0 Å². The molecule has 1 aliphatic heterocycles. The summed E-state index contributed by atoms with van der Waals surface area (Å²) in [4.78, 5) is 34.5. The molecule has 2 amide bonds. The van der Waals surface area contributed by atoms with Gasteiger partial charge in [0.1, 0.15) is 0 Å². The maximum Gasteiger partial charge on any atom is 0.253 e. The molecule has 6 heteroatoms. The Morgan fingerprint density at radius 2 is 1.97 bits per heavy atom. The molecule has 0 atom stereocenters. The number of nitrogens with zero attached hydrogens (tertiary/aromatic N) is 3. The lowest BCUT2D eigenvalue weighted by Gasteiger charge is -2.16. The summed E-state index contributed by atoms with van der Waals surface area (Å²) < 4.78 is 0. The van der Waals surface area contributed by atoms with Gasteiger partial charge in [0.2, 0.25) is 5.91 Å². The summed E-state index contributed by atoms with van der Waals surface area (Å²) in [6.45, 7) is 3.02. The first-order valence-electron chi connectivity index (χ1n) is 9.71. The van der Waals surface area contributed by atoms with Crippen LogP contribution >= 0.6 is 0 Å². The second-order valence-electron chi connectivity index (χ2n) is 7.00. The highest BCUT2D eigenvalue weighted by atomic mass is 16.2. The van der Waals surface area contributed by atoms with Gasteiger partial charge in [-0.2, -0.15) is 0 Å². The first-order chi connectivity index (χ1) is 14.2. The molecule has 0 saturated heterocycles. The number of carbonyl (C=O) groups excluding carboxylic acids is 2. The van der Waals surface area contributed by atoms with E-state index in [0.29, 0.717) is 18.5 Å². The molecule has 0 saturated carbocycles. The van der Waals surface area contributed by atoms with E-state index in [1.807, 2.05) is 36.2 Å². The van der Waals surface area contributed by atoms with Gasteiger partial charge in [-0.3, -0.25) is 19.6 Å². The molecule has 1 aliphatic rings. The third-order valence-corrected chi connectivity index (χ3v) is 5.08. The number of benzene rings is 1. The quantitative estimate of drug-likeness (QED) is 0.729. The molecule has 4 rings (SSSR count). The molecule has 1 N–H and O–H groups in total. The zero-order valence-electron chi connectivity index (χ0n) is 16.3. The molecular weight excluding hydrogens is 364 g/mol. The normalized spacial score (nSPS) is 12.5. The van der Waals surface area contributed by atoms with Gasteiger partial charge in [-0.1, -0.05) is 13.0 Å². The van der Waals surface area contributed by atoms with Crippen molar-refractivity contribution in [2.24, 2.45) is 0 Å². The summed E-state index contributed by atoms with van der Waals surface area (Å²) in [7, 11) is 0. The minimum Gasteiger partial charge on any atom is -0.348 e. The zero-order chi connectivity index (χ0) is 20.2. The zero-order valence-corrected chi connectivity index (χ0v) is 16.3. The van der Waals surface area contributed by atoms with Crippen LogP contribution in [-0.2, 0) is 17.8 Å². The Morgan fingerprint density at radius 1 is 1.07 bits per heavy atom. The van der Waals surface area contributed by atoms with Crippen LogP contribution in [0.15, 0.2) is 61.2 Å². The maximum atomic E-state index is 12.2. The molecule has 29 heavy (non-hydrogen) atoms. The molecule has 6 nitrogen and oxygen atoms in total. The molecule has 2 aromatic heterocycles. The Kier molecular flexibility index (Phi) is 5.33. The topological polar surface area (TPSA) is 75.2 Å². The molecule has 146 valence electrons. The van der Waals surface area contributed by atoms with Crippen molar-refractivity contribution in [2.45, 2.75) is 26.3 Å². The van der Waals surface area contributed by atoms with Crippen molar-refractivity contribution < 1.29 is 9.59 Å². The number of aromatic nitrogens is 2. The van der Waals surface area contributed by atoms with Crippen LogP contribution < -0.4 is 10.2 Å². The molecule has 1 aromatic carbocycles. The average molecular weight is 386 g/mol. The number of nitrogens with one attached hydrogen (secondary N) is 1. The van der Waals surface area contributed by atoms with E-state index in [9.17, 15) is 9.59 Å². The van der Waals surface area contributed by atoms with Crippen molar-refractivity contribution in [3.05, 3.63) is 77.9 Å². The minimum absolute atomic E-state index is 0.157. The Bertz CT molecular complexity index is 1050. The van der Waals surface area contributed by atoms with Crippen molar-refractivity contribution in [1.82, 2.24) is 15.3 Å². The van der Waals surface area contributed by atoms with E-state index in [2.05, 4.69) is 21.4 Å². The predicted octanol–water partition coefficient (Wildman–Crippen LogP) is 3.37. The van der Waals surface area contributed by atoms with Crippen LogP contribution in [0.5, 0.6) is 0 Å². The first-order valence-corrected chi connectivity index (χ1v) is 9.71. The lowest BCUT2D eigenvalue weighted by atomic mass is 10.0. The number of fused-ring (bicyclic) bond motifs is 1. The van der Waals surface area contributed by atoms with Crippen molar-refractivity contribution in [2.75, 3.05) is 11.4 Å². The number of pyridine rings is 2. The smallest absolute Gasteiger partial charge is 0.253 e. The second-order valence-corrected chi connectivity index (χ2v) is 7.00. The summed E-state index contributed by atoms with van der Waals surface area (Å²) in [6.07, 6.45) is 8.13. The molecule has 0 fully saturated rings.